The third-order valence-electron chi connectivity index (χ3n) is 3.34. The first kappa shape index (κ1) is 15.3. The summed E-state index contributed by atoms with van der Waals surface area (Å²) in [5.74, 6) is 0.594. The standard InChI is InChI=1S/C13H17ClN2O.ClH/c14-12-4-2-1-3-11(12)13(17)16-7-5-10(9-15)6-8-16;/h1-4,10H,5-9,15H2;1H. The van der Waals surface area contributed by atoms with Crippen molar-refractivity contribution in [1.29, 1.82) is 0 Å². The summed E-state index contributed by atoms with van der Waals surface area (Å²) in [6.07, 6.45) is 1.99. The van der Waals surface area contributed by atoms with Crippen LogP contribution in [-0.4, -0.2) is 30.4 Å². The zero-order valence-corrected chi connectivity index (χ0v) is 11.7. The third-order valence-corrected chi connectivity index (χ3v) is 3.67. The highest BCUT2D eigenvalue weighted by atomic mass is 35.5. The first-order chi connectivity index (χ1) is 8.22. The van der Waals surface area contributed by atoms with Gasteiger partial charge >= 0.3 is 0 Å². The summed E-state index contributed by atoms with van der Waals surface area (Å²) in [4.78, 5) is 14.1. The van der Waals surface area contributed by atoms with Crippen LogP contribution in [0.4, 0.5) is 0 Å². The smallest absolute Gasteiger partial charge is 0.255 e. The van der Waals surface area contributed by atoms with E-state index in [-0.39, 0.29) is 18.3 Å². The number of carbonyl (C=O) groups excluding carboxylic acids is 1. The molecule has 0 radical (unpaired) electrons. The topological polar surface area (TPSA) is 46.3 Å². The van der Waals surface area contributed by atoms with Gasteiger partial charge in [0.15, 0.2) is 0 Å². The number of piperidine rings is 1. The van der Waals surface area contributed by atoms with Crippen molar-refractivity contribution < 1.29 is 4.79 Å². The number of nitrogens with zero attached hydrogens (tertiary/aromatic N) is 1. The van der Waals surface area contributed by atoms with Crippen molar-refractivity contribution in [3.8, 4) is 0 Å². The molecular weight excluding hydrogens is 271 g/mol. The molecule has 0 atom stereocenters. The number of benzene rings is 1. The summed E-state index contributed by atoms with van der Waals surface area (Å²) in [6.45, 7) is 2.28. The molecule has 1 aliphatic rings. The van der Waals surface area contributed by atoms with E-state index in [0.717, 1.165) is 25.9 Å². The second kappa shape index (κ2) is 6.98. The first-order valence-corrected chi connectivity index (χ1v) is 6.34. The average molecular weight is 289 g/mol. The third kappa shape index (κ3) is 3.37. The second-order valence-electron chi connectivity index (χ2n) is 4.45. The minimum atomic E-state index is 0. The van der Waals surface area contributed by atoms with Crippen molar-refractivity contribution in [2.45, 2.75) is 12.8 Å². The predicted molar refractivity (Wildman–Crippen MR) is 76.4 cm³/mol. The van der Waals surface area contributed by atoms with Gasteiger partial charge in [-0.15, -0.1) is 12.4 Å². The van der Waals surface area contributed by atoms with E-state index in [0.29, 0.717) is 23.0 Å². The molecule has 1 aromatic rings. The maximum Gasteiger partial charge on any atom is 0.255 e. The summed E-state index contributed by atoms with van der Waals surface area (Å²) >= 11 is 6.03. The number of nitrogens with two attached hydrogens (primary N) is 1. The van der Waals surface area contributed by atoms with Crippen molar-refractivity contribution in [2.75, 3.05) is 19.6 Å². The molecule has 5 heteroatoms. The molecule has 2 rings (SSSR count). The Balaban J connectivity index is 0.00000162. The Bertz CT molecular complexity index is 404. The number of rotatable bonds is 2. The van der Waals surface area contributed by atoms with Gasteiger partial charge in [0.2, 0.25) is 0 Å². The average Bonchev–Trinajstić information content (AvgIpc) is 2.39. The molecule has 0 aromatic heterocycles. The van der Waals surface area contributed by atoms with Crippen molar-refractivity contribution in [2.24, 2.45) is 11.7 Å². The lowest BCUT2D eigenvalue weighted by molar-refractivity contribution is 0.0693. The van der Waals surface area contributed by atoms with E-state index in [1.807, 2.05) is 17.0 Å². The van der Waals surface area contributed by atoms with Gasteiger partial charge in [-0.1, -0.05) is 23.7 Å². The normalized spacial score (nSPS) is 16.2. The van der Waals surface area contributed by atoms with Gasteiger partial charge in [-0.3, -0.25) is 4.79 Å². The molecule has 1 aliphatic heterocycles. The van der Waals surface area contributed by atoms with Crippen molar-refractivity contribution in [1.82, 2.24) is 4.90 Å². The Kier molecular flexibility index (Phi) is 5.93. The van der Waals surface area contributed by atoms with Crippen LogP contribution in [0.5, 0.6) is 0 Å². The number of halogens is 2. The fraction of sp³-hybridized carbons (Fsp3) is 0.462. The molecule has 18 heavy (non-hydrogen) atoms. The summed E-state index contributed by atoms with van der Waals surface area (Å²) in [7, 11) is 0. The molecule has 1 aromatic carbocycles. The summed E-state index contributed by atoms with van der Waals surface area (Å²) in [6, 6.07) is 7.20. The molecule has 1 amide bonds. The molecule has 0 bridgehead atoms. The molecule has 3 nitrogen and oxygen atoms in total. The van der Waals surface area contributed by atoms with Gasteiger partial charge < -0.3 is 10.6 Å². The minimum Gasteiger partial charge on any atom is -0.339 e. The molecule has 100 valence electrons. The summed E-state index contributed by atoms with van der Waals surface area (Å²) < 4.78 is 0. The largest absolute Gasteiger partial charge is 0.339 e. The van der Waals surface area contributed by atoms with E-state index in [4.69, 9.17) is 17.3 Å². The number of carbonyl (C=O) groups is 1. The fourth-order valence-electron chi connectivity index (χ4n) is 2.18. The maximum absolute atomic E-state index is 12.2. The van der Waals surface area contributed by atoms with Gasteiger partial charge in [0, 0.05) is 13.1 Å². The molecule has 0 aliphatic carbocycles. The molecule has 1 heterocycles. The zero-order valence-electron chi connectivity index (χ0n) is 10.1. The van der Waals surface area contributed by atoms with Gasteiger partial charge in [0.1, 0.15) is 0 Å². The van der Waals surface area contributed by atoms with E-state index in [2.05, 4.69) is 0 Å². The molecule has 0 spiro atoms. The van der Waals surface area contributed by atoms with Crippen molar-refractivity contribution >= 4 is 29.9 Å². The molecule has 1 fully saturated rings. The van der Waals surface area contributed by atoms with E-state index < -0.39 is 0 Å². The van der Waals surface area contributed by atoms with Crippen LogP contribution in [0.1, 0.15) is 23.2 Å². The Morgan fingerprint density at radius 3 is 2.50 bits per heavy atom. The van der Waals surface area contributed by atoms with Crippen LogP contribution in [0.25, 0.3) is 0 Å². The van der Waals surface area contributed by atoms with Crippen LogP contribution in [-0.2, 0) is 0 Å². The Hall–Kier alpha value is -0.770. The van der Waals surface area contributed by atoms with Crippen LogP contribution in [0.15, 0.2) is 24.3 Å². The maximum atomic E-state index is 12.2. The lowest BCUT2D eigenvalue weighted by Gasteiger charge is -2.31. The predicted octanol–water partition coefficient (Wildman–Crippen LogP) is 2.57. The lowest BCUT2D eigenvalue weighted by atomic mass is 9.96. The fourth-order valence-corrected chi connectivity index (χ4v) is 2.39. The number of likely N-dealkylation sites (tertiary alicyclic amines) is 1. The molecule has 0 unspecified atom stereocenters. The Labute approximate surface area is 119 Å². The Morgan fingerprint density at radius 1 is 1.33 bits per heavy atom. The molecule has 0 saturated carbocycles. The molecule has 1 saturated heterocycles. The summed E-state index contributed by atoms with van der Waals surface area (Å²) in [5, 5.41) is 0.526. The van der Waals surface area contributed by atoms with E-state index in [9.17, 15) is 4.79 Å². The van der Waals surface area contributed by atoms with Crippen LogP contribution < -0.4 is 5.73 Å². The van der Waals surface area contributed by atoms with E-state index in [1.165, 1.54) is 0 Å². The van der Waals surface area contributed by atoms with Crippen LogP contribution in [0, 0.1) is 5.92 Å². The molecule has 2 N–H and O–H groups in total. The Morgan fingerprint density at radius 2 is 1.94 bits per heavy atom. The van der Waals surface area contributed by atoms with Gasteiger partial charge in [0.25, 0.3) is 5.91 Å². The highest BCUT2D eigenvalue weighted by Gasteiger charge is 2.23. The monoisotopic (exact) mass is 288 g/mol. The number of hydrogen-bond donors (Lipinski definition) is 1. The van der Waals surface area contributed by atoms with Crippen molar-refractivity contribution in [3.05, 3.63) is 34.9 Å². The highest BCUT2D eigenvalue weighted by Crippen LogP contribution is 2.21. The van der Waals surface area contributed by atoms with Crippen LogP contribution in [0.2, 0.25) is 5.02 Å². The summed E-state index contributed by atoms with van der Waals surface area (Å²) in [5.41, 5.74) is 6.23. The van der Waals surface area contributed by atoms with Gasteiger partial charge in [-0.25, -0.2) is 0 Å². The van der Waals surface area contributed by atoms with Crippen LogP contribution in [0.3, 0.4) is 0 Å². The zero-order chi connectivity index (χ0) is 12.3. The van der Waals surface area contributed by atoms with E-state index in [1.54, 1.807) is 12.1 Å². The van der Waals surface area contributed by atoms with E-state index >= 15 is 0 Å². The van der Waals surface area contributed by atoms with Gasteiger partial charge in [-0.05, 0) is 37.4 Å². The quantitative estimate of drug-likeness (QED) is 0.909. The minimum absolute atomic E-state index is 0. The van der Waals surface area contributed by atoms with Crippen LogP contribution >= 0.6 is 24.0 Å². The van der Waals surface area contributed by atoms with Gasteiger partial charge in [-0.2, -0.15) is 0 Å². The molecular formula is C13H18Cl2N2O. The van der Waals surface area contributed by atoms with Gasteiger partial charge in [0.05, 0.1) is 10.6 Å². The lowest BCUT2D eigenvalue weighted by Crippen LogP contribution is -2.40. The highest BCUT2D eigenvalue weighted by molar-refractivity contribution is 6.33. The van der Waals surface area contributed by atoms with Crippen molar-refractivity contribution in [3.63, 3.8) is 0 Å². The number of hydrogen-bond acceptors (Lipinski definition) is 2. The SMILES string of the molecule is Cl.NCC1CCN(C(=O)c2ccccc2Cl)CC1. The number of amides is 1. The first-order valence-electron chi connectivity index (χ1n) is 5.96. The second-order valence-corrected chi connectivity index (χ2v) is 4.86.